The summed E-state index contributed by atoms with van der Waals surface area (Å²) in [5, 5.41) is 0.197. The molecule has 1 aromatic heterocycles. The summed E-state index contributed by atoms with van der Waals surface area (Å²) in [6, 6.07) is 12.1. The number of nitrogens with zero attached hydrogens (tertiary/aromatic N) is 2. The van der Waals surface area contributed by atoms with Crippen molar-refractivity contribution in [2.45, 2.75) is 5.37 Å². The quantitative estimate of drug-likeness (QED) is 0.701. The van der Waals surface area contributed by atoms with Crippen LogP contribution in [0.3, 0.4) is 0 Å². The minimum absolute atomic E-state index is 0.0562. The van der Waals surface area contributed by atoms with Crippen molar-refractivity contribution in [1.82, 2.24) is 4.98 Å². The van der Waals surface area contributed by atoms with Gasteiger partial charge in [-0.3, -0.25) is 9.69 Å². The number of carbonyl (C=O) groups excluding carboxylic acids is 1. The van der Waals surface area contributed by atoms with Crippen LogP contribution in [0.15, 0.2) is 42.5 Å². The second-order valence-electron chi connectivity index (χ2n) is 5.28. The van der Waals surface area contributed by atoms with Crippen LogP contribution in [-0.2, 0) is 4.79 Å². The van der Waals surface area contributed by atoms with Crippen LogP contribution >= 0.6 is 23.1 Å². The average molecular weight is 360 g/mol. The normalized spacial score (nSPS) is 17.7. The lowest BCUT2D eigenvalue weighted by molar-refractivity contribution is -0.115. The molecule has 0 saturated carbocycles. The number of aromatic nitrogens is 1. The van der Waals surface area contributed by atoms with Crippen LogP contribution in [0.4, 0.5) is 9.52 Å². The lowest BCUT2D eigenvalue weighted by Crippen LogP contribution is -2.28. The Balaban J connectivity index is 1.78. The number of thiazole rings is 1. The minimum atomic E-state index is -0.388. The van der Waals surface area contributed by atoms with Gasteiger partial charge in [-0.1, -0.05) is 29.5 Å². The molecule has 7 heteroatoms. The van der Waals surface area contributed by atoms with Crippen LogP contribution < -0.4 is 9.64 Å². The van der Waals surface area contributed by atoms with E-state index in [9.17, 15) is 9.18 Å². The van der Waals surface area contributed by atoms with Gasteiger partial charge in [-0.05, 0) is 24.3 Å². The Morgan fingerprint density at radius 1 is 1.29 bits per heavy atom. The van der Waals surface area contributed by atoms with Crippen LogP contribution in [-0.4, -0.2) is 23.8 Å². The highest BCUT2D eigenvalue weighted by Gasteiger charge is 2.37. The summed E-state index contributed by atoms with van der Waals surface area (Å²) < 4.78 is 20.3. The molecule has 1 atom stereocenters. The van der Waals surface area contributed by atoms with E-state index in [1.165, 1.54) is 29.2 Å². The van der Waals surface area contributed by atoms with Gasteiger partial charge < -0.3 is 4.74 Å². The largest absolute Gasteiger partial charge is 0.497 e. The van der Waals surface area contributed by atoms with Gasteiger partial charge in [-0.25, -0.2) is 9.37 Å². The summed E-state index contributed by atoms with van der Waals surface area (Å²) in [4.78, 5) is 18.5. The van der Waals surface area contributed by atoms with E-state index in [-0.39, 0.29) is 17.1 Å². The molecule has 4 rings (SSSR count). The van der Waals surface area contributed by atoms with E-state index in [4.69, 9.17) is 4.74 Å². The molecule has 0 radical (unpaired) electrons. The van der Waals surface area contributed by atoms with Crippen LogP contribution in [0.25, 0.3) is 10.2 Å². The molecular weight excluding hydrogens is 347 g/mol. The fourth-order valence-electron chi connectivity index (χ4n) is 2.66. The monoisotopic (exact) mass is 360 g/mol. The Bertz CT molecular complexity index is 928. The number of amides is 1. The van der Waals surface area contributed by atoms with E-state index in [0.29, 0.717) is 16.4 Å². The predicted octanol–water partition coefficient (Wildman–Crippen LogP) is 4.22. The number of anilines is 1. The number of methoxy groups -OCH3 is 1. The zero-order valence-electron chi connectivity index (χ0n) is 12.7. The fourth-order valence-corrected chi connectivity index (χ4v) is 4.94. The number of rotatable bonds is 3. The van der Waals surface area contributed by atoms with Crippen molar-refractivity contribution in [3.8, 4) is 5.75 Å². The smallest absolute Gasteiger partial charge is 0.240 e. The summed E-state index contributed by atoms with van der Waals surface area (Å²) in [6.45, 7) is 0. The van der Waals surface area contributed by atoms with Gasteiger partial charge >= 0.3 is 0 Å². The SMILES string of the molecule is COc1ccc2nc(N3C(=O)CS[C@H]3c3ccccc3F)sc2c1. The van der Waals surface area contributed by atoms with Crippen LogP contribution in [0, 0.1) is 5.82 Å². The lowest BCUT2D eigenvalue weighted by Gasteiger charge is -2.21. The maximum absolute atomic E-state index is 14.2. The molecule has 2 heterocycles. The Hall–Kier alpha value is -2.12. The molecular formula is C17H13FN2O2S2. The fraction of sp³-hybridized carbons (Fsp3) is 0.176. The molecule has 3 aromatic rings. The first-order valence-corrected chi connectivity index (χ1v) is 9.16. The molecule has 0 spiro atoms. The third-order valence-electron chi connectivity index (χ3n) is 3.83. The number of fused-ring (bicyclic) bond motifs is 1. The second kappa shape index (κ2) is 6.07. The molecule has 0 N–H and O–H groups in total. The zero-order chi connectivity index (χ0) is 16.7. The third-order valence-corrected chi connectivity index (χ3v) is 6.04. The minimum Gasteiger partial charge on any atom is -0.497 e. The Kier molecular flexibility index (Phi) is 3.90. The van der Waals surface area contributed by atoms with Crippen LogP contribution in [0.2, 0.25) is 0 Å². The summed E-state index contributed by atoms with van der Waals surface area (Å²) in [6.07, 6.45) is 0. The molecule has 1 saturated heterocycles. The Morgan fingerprint density at radius 2 is 2.12 bits per heavy atom. The summed E-state index contributed by atoms with van der Waals surface area (Å²) in [5.41, 5.74) is 1.30. The number of benzene rings is 2. The van der Waals surface area contributed by atoms with Crippen molar-refractivity contribution in [3.05, 3.63) is 53.8 Å². The van der Waals surface area contributed by atoms with Gasteiger partial charge in [-0.2, -0.15) is 0 Å². The topological polar surface area (TPSA) is 42.4 Å². The van der Waals surface area contributed by atoms with Crippen molar-refractivity contribution in [2.75, 3.05) is 17.8 Å². The van der Waals surface area contributed by atoms with Gasteiger partial charge in [0.25, 0.3) is 0 Å². The number of hydrogen-bond donors (Lipinski definition) is 0. The molecule has 4 nitrogen and oxygen atoms in total. The number of carbonyl (C=O) groups is 1. The van der Waals surface area contributed by atoms with E-state index in [2.05, 4.69) is 4.98 Å². The van der Waals surface area contributed by atoms with Crippen molar-refractivity contribution < 1.29 is 13.9 Å². The van der Waals surface area contributed by atoms with Crippen molar-refractivity contribution in [1.29, 1.82) is 0 Å². The van der Waals surface area contributed by atoms with Gasteiger partial charge in [0.05, 0.1) is 23.1 Å². The molecule has 1 amide bonds. The zero-order valence-corrected chi connectivity index (χ0v) is 14.4. The van der Waals surface area contributed by atoms with Crippen LogP contribution in [0.1, 0.15) is 10.9 Å². The van der Waals surface area contributed by atoms with E-state index in [1.54, 1.807) is 30.2 Å². The first-order valence-electron chi connectivity index (χ1n) is 7.30. The predicted molar refractivity (Wildman–Crippen MR) is 95.3 cm³/mol. The maximum atomic E-state index is 14.2. The van der Waals surface area contributed by atoms with E-state index >= 15 is 0 Å². The van der Waals surface area contributed by atoms with Gasteiger partial charge in [0.1, 0.15) is 16.9 Å². The first kappa shape index (κ1) is 15.4. The first-order chi connectivity index (χ1) is 11.7. The molecule has 1 fully saturated rings. The Morgan fingerprint density at radius 3 is 2.92 bits per heavy atom. The molecule has 24 heavy (non-hydrogen) atoms. The van der Waals surface area contributed by atoms with Crippen molar-refractivity contribution >= 4 is 44.4 Å². The lowest BCUT2D eigenvalue weighted by atomic mass is 10.2. The number of halogens is 1. The number of thioether (sulfide) groups is 1. The molecule has 0 bridgehead atoms. The summed E-state index contributed by atoms with van der Waals surface area (Å²) in [5.74, 6) is 0.695. The molecule has 122 valence electrons. The Labute approximate surface area is 146 Å². The summed E-state index contributed by atoms with van der Waals surface area (Å²) >= 11 is 2.83. The van der Waals surface area contributed by atoms with E-state index in [0.717, 1.165) is 16.0 Å². The van der Waals surface area contributed by atoms with Crippen LogP contribution in [0.5, 0.6) is 5.75 Å². The average Bonchev–Trinajstić information content (AvgIpc) is 3.17. The van der Waals surface area contributed by atoms with Crippen molar-refractivity contribution in [2.24, 2.45) is 0 Å². The standard InChI is InChI=1S/C17H13FN2O2S2/c1-22-10-6-7-13-14(8-10)24-17(19-13)20-15(21)9-23-16(20)11-4-2-3-5-12(11)18/h2-8,16H,9H2,1H3/t16-/m0/s1. The second-order valence-corrected chi connectivity index (χ2v) is 7.36. The summed E-state index contributed by atoms with van der Waals surface area (Å²) in [7, 11) is 1.61. The maximum Gasteiger partial charge on any atom is 0.240 e. The highest BCUT2D eigenvalue weighted by molar-refractivity contribution is 8.00. The van der Waals surface area contributed by atoms with Gasteiger partial charge in [0.2, 0.25) is 5.91 Å². The highest BCUT2D eigenvalue weighted by Crippen LogP contribution is 2.44. The number of ether oxygens (including phenoxy) is 1. The molecule has 1 aliphatic heterocycles. The number of hydrogen-bond acceptors (Lipinski definition) is 5. The van der Waals surface area contributed by atoms with Crippen molar-refractivity contribution in [3.63, 3.8) is 0 Å². The molecule has 0 aliphatic carbocycles. The molecule has 1 aliphatic rings. The van der Waals surface area contributed by atoms with E-state index < -0.39 is 0 Å². The third kappa shape index (κ3) is 2.53. The van der Waals surface area contributed by atoms with Gasteiger partial charge in [0, 0.05) is 5.56 Å². The van der Waals surface area contributed by atoms with Gasteiger partial charge in [0.15, 0.2) is 5.13 Å². The highest BCUT2D eigenvalue weighted by atomic mass is 32.2. The molecule has 2 aromatic carbocycles. The molecule has 0 unspecified atom stereocenters. The van der Waals surface area contributed by atoms with Gasteiger partial charge in [-0.15, -0.1) is 11.8 Å². The van der Waals surface area contributed by atoms with E-state index in [1.807, 2.05) is 18.2 Å².